The van der Waals surface area contributed by atoms with Gasteiger partial charge in [-0.2, -0.15) is 0 Å². The van der Waals surface area contributed by atoms with Crippen LogP contribution >= 0.6 is 0 Å². The zero-order valence-corrected chi connectivity index (χ0v) is 14.0. The molecule has 2 N–H and O–H groups in total. The van der Waals surface area contributed by atoms with E-state index in [-0.39, 0.29) is 11.4 Å². The maximum absolute atomic E-state index is 11.9. The summed E-state index contributed by atoms with van der Waals surface area (Å²) in [4.78, 5) is 14.3. The van der Waals surface area contributed by atoms with Crippen molar-refractivity contribution >= 4 is 5.91 Å². The van der Waals surface area contributed by atoms with Gasteiger partial charge in [-0.1, -0.05) is 33.6 Å². The van der Waals surface area contributed by atoms with E-state index in [0.29, 0.717) is 12.5 Å². The monoisotopic (exact) mass is 283 g/mol. The van der Waals surface area contributed by atoms with Gasteiger partial charge in [0.1, 0.15) is 0 Å². The average Bonchev–Trinajstić information content (AvgIpc) is 2.36. The first-order valence-corrected chi connectivity index (χ1v) is 8.03. The molecule has 1 saturated carbocycles. The first-order chi connectivity index (χ1) is 9.35. The maximum atomic E-state index is 11.9. The fraction of sp³-hybridized carbons (Fsp3) is 0.938. The van der Waals surface area contributed by atoms with Crippen LogP contribution in [0.3, 0.4) is 0 Å². The van der Waals surface area contributed by atoms with Gasteiger partial charge in [-0.05, 0) is 32.9 Å². The van der Waals surface area contributed by atoms with Crippen LogP contribution in [0.15, 0.2) is 0 Å². The largest absolute Gasteiger partial charge is 0.354 e. The zero-order chi connectivity index (χ0) is 15.2. The SMILES string of the molecule is CC1CCCC(CNC(=O)CCNC(C)C)(N(C)C)C1. The van der Waals surface area contributed by atoms with Gasteiger partial charge < -0.3 is 15.5 Å². The maximum Gasteiger partial charge on any atom is 0.221 e. The summed E-state index contributed by atoms with van der Waals surface area (Å²) in [5.74, 6) is 0.920. The van der Waals surface area contributed by atoms with Gasteiger partial charge in [0, 0.05) is 31.1 Å². The Morgan fingerprint density at radius 2 is 2.10 bits per heavy atom. The summed E-state index contributed by atoms with van der Waals surface area (Å²) in [6, 6.07) is 0.440. The van der Waals surface area contributed by atoms with E-state index in [0.717, 1.165) is 19.0 Å². The molecule has 4 nitrogen and oxygen atoms in total. The Labute approximate surface area is 124 Å². The lowest BCUT2D eigenvalue weighted by atomic mass is 9.75. The van der Waals surface area contributed by atoms with E-state index in [1.54, 1.807) is 0 Å². The van der Waals surface area contributed by atoms with E-state index in [9.17, 15) is 4.79 Å². The third-order valence-corrected chi connectivity index (χ3v) is 4.54. The van der Waals surface area contributed by atoms with Crippen molar-refractivity contribution in [3.8, 4) is 0 Å². The third kappa shape index (κ3) is 5.41. The fourth-order valence-corrected chi connectivity index (χ4v) is 3.18. The standard InChI is InChI=1S/C16H33N3O/c1-13(2)17-10-8-15(20)18-12-16(19(4)5)9-6-7-14(3)11-16/h13-14,17H,6-12H2,1-5H3,(H,18,20). The number of carbonyl (C=O) groups excluding carboxylic acids is 1. The average molecular weight is 283 g/mol. The normalized spacial score (nSPS) is 27.1. The van der Waals surface area contributed by atoms with Crippen molar-refractivity contribution in [1.29, 1.82) is 0 Å². The van der Waals surface area contributed by atoms with Crippen molar-refractivity contribution in [1.82, 2.24) is 15.5 Å². The molecule has 20 heavy (non-hydrogen) atoms. The van der Waals surface area contributed by atoms with Crippen LogP contribution in [0.1, 0.15) is 52.9 Å². The van der Waals surface area contributed by atoms with Crippen LogP contribution in [0, 0.1) is 5.92 Å². The molecule has 1 aliphatic carbocycles. The van der Waals surface area contributed by atoms with Gasteiger partial charge in [0.25, 0.3) is 0 Å². The quantitative estimate of drug-likeness (QED) is 0.751. The molecule has 118 valence electrons. The molecule has 4 heteroatoms. The Hall–Kier alpha value is -0.610. The molecule has 0 aromatic carbocycles. The molecule has 2 atom stereocenters. The molecule has 2 unspecified atom stereocenters. The number of likely N-dealkylation sites (N-methyl/N-ethyl adjacent to an activating group) is 1. The molecule has 0 heterocycles. The van der Waals surface area contributed by atoms with Crippen LogP contribution in [0.25, 0.3) is 0 Å². The lowest BCUT2D eigenvalue weighted by Gasteiger charge is -2.45. The van der Waals surface area contributed by atoms with Gasteiger partial charge in [-0.25, -0.2) is 0 Å². The van der Waals surface area contributed by atoms with Crippen LogP contribution < -0.4 is 10.6 Å². The molecular weight excluding hydrogens is 250 g/mol. The summed E-state index contributed by atoms with van der Waals surface area (Å²) < 4.78 is 0. The van der Waals surface area contributed by atoms with Gasteiger partial charge in [0.15, 0.2) is 0 Å². The van der Waals surface area contributed by atoms with Gasteiger partial charge in [-0.3, -0.25) is 4.79 Å². The highest BCUT2D eigenvalue weighted by Crippen LogP contribution is 2.35. The summed E-state index contributed by atoms with van der Waals surface area (Å²) in [5, 5.41) is 6.43. The smallest absolute Gasteiger partial charge is 0.221 e. The summed E-state index contributed by atoms with van der Waals surface area (Å²) in [6.07, 6.45) is 5.53. The van der Waals surface area contributed by atoms with Crippen LogP contribution in [-0.4, -0.2) is 49.6 Å². The van der Waals surface area contributed by atoms with E-state index < -0.39 is 0 Å². The second kappa shape index (κ2) is 7.99. The summed E-state index contributed by atoms with van der Waals surface area (Å²) in [5.41, 5.74) is 0.152. The van der Waals surface area contributed by atoms with Crippen molar-refractivity contribution in [2.24, 2.45) is 5.92 Å². The Bertz CT molecular complexity index is 304. The third-order valence-electron chi connectivity index (χ3n) is 4.54. The Kier molecular flexibility index (Phi) is 6.96. The van der Waals surface area contributed by atoms with Crippen LogP contribution in [0.5, 0.6) is 0 Å². The summed E-state index contributed by atoms with van der Waals surface area (Å²) in [7, 11) is 4.29. The molecule has 0 aromatic rings. The van der Waals surface area contributed by atoms with Gasteiger partial charge >= 0.3 is 0 Å². The summed E-state index contributed by atoms with van der Waals surface area (Å²) >= 11 is 0. The highest BCUT2D eigenvalue weighted by atomic mass is 16.1. The van der Waals surface area contributed by atoms with Crippen LogP contribution in [0.2, 0.25) is 0 Å². The Morgan fingerprint density at radius 1 is 1.40 bits per heavy atom. The minimum absolute atomic E-state index is 0.152. The number of nitrogens with one attached hydrogen (secondary N) is 2. The van der Waals surface area contributed by atoms with Crippen LogP contribution in [0.4, 0.5) is 0 Å². The molecular formula is C16H33N3O. The predicted octanol–water partition coefficient (Wildman–Crippen LogP) is 2.00. The van der Waals surface area contributed by atoms with Crippen molar-refractivity contribution in [3.63, 3.8) is 0 Å². The molecule has 0 radical (unpaired) electrons. The van der Waals surface area contributed by atoms with Crippen molar-refractivity contribution < 1.29 is 4.79 Å². The minimum atomic E-state index is 0.152. The Morgan fingerprint density at radius 3 is 2.65 bits per heavy atom. The molecule has 1 amide bonds. The van der Waals surface area contributed by atoms with Crippen LogP contribution in [-0.2, 0) is 4.79 Å². The second-order valence-corrected chi connectivity index (χ2v) is 6.96. The molecule has 1 fully saturated rings. The number of carbonyl (C=O) groups is 1. The molecule has 0 aromatic heterocycles. The molecule has 0 aliphatic heterocycles. The molecule has 1 aliphatic rings. The van der Waals surface area contributed by atoms with Gasteiger partial charge in [0.05, 0.1) is 0 Å². The lowest BCUT2D eigenvalue weighted by molar-refractivity contribution is -0.121. The Balaban J connectivity index is 2.41. The topological polar surface area (TPSA) is 44.4 Å². The van der Waals surface area contributed by atoms with Crippen molar-refractivity contribution in [2.75, 3.05) is 27.2 Å². The number of hydrogen-bond donors (Lipinski definition) is 2. The number of amides is 1. The highest BCUT2D eigenvalue weighted by molar-refractivity contribution is 5.76. The van der Waals surface area contributed by atoms with E-state index in [1.807, 2.05) is 0 Å². The molecule has 0 bridgehead atoms. The van der Waals surface area contributed by atoms with E-state index in [4.69, 9.17) is 0 Å². The van der Waals surface area contributed by atoms with Gasteiger partial charge in [-0.15, -0.1) is 0 Å². The van der Waals surface area contributed by atoms with Crippen molar-refractivity contribution in [2.45, 2.75) is 64.5 Å². The minimum Gasteiger partial charge on any atom is -0.354 e. The molecule has 1 rings (SSSR count). The van der Waals surface area contributed by atoms with E-state index in [2.05, 4.69) is 50.4 Å². The fourth-order valence-electron chi connectivity index (χ4n) is 3.18. The first kappa shape index (κ1) is 17.4. The number of rotatable bonds is 7. The van der Waals surface area contributed by atoms with E-state index in [1.165, 1.54) is 25.7 Å². The lowest BCUT2D eigenvalue weighted by Crippen LogP contribution is -2.55. The first-order valence-electron chi connectivity index (χ1n) is 8.03. The summed E-state index contributed by atoms with van der Waals surface area (Å²) in [6.45, 7) is 8.07. The van der Waals surface area contributed by atoms with Crippen molar-refractivity contribution in [3.05, 3.63) is 0 Å². The van der Waals surface area contributed by atoms with E-state index >= 15 is 0 Å². The number of nitrogens with zero attached hydrogens (tertiary/aromatic N) is 1. The molecule has 0 spiro atoms. The van der Waals surface area contributed by atoms with Gasteiger partial charge in [0.2, 0.25) is 5.91 Å². The zero-order valence-electron chi connectivity index (χ0n) is 14.0. The predicted molar refractivity (Wildman–Crippen MR) is 84.8 cm³/mol. The highest BCUT2D eigenvalue weighted by Gasteiger charge is 2.36. The number of hydrogen-bond acceptors (Lipinski definition) is 3. The second-order valence-electron chi connectivity index (χ2n) is 6.96. The molecule has 0 saturated heterocycles.